The van der Waals surface area contributed by atoms with Crippen LogP contribution in [0.1, 0.15) is 12.8 Å². The third kappa shape index (κ3) is 2.68. The van der Waals surface area contributed by atoms with Gasteiger partial charge in [-0.15, -0.1) is 0 Å². The van der Waals surface area contributed by atoms with Crippen molar-refractivity contribution in [3.8, 4) is 5.75 Å². The molecule has 0 bridgehead atoms. The Balaban J connectivity index is 2.24. The fraction of sp³-hybridized carbons (Fsp3) is 0.500. The molecule has 0 unspecified atom stereocenters. The highest BCUT2D eigenvalue weighted by Gasteiger charge is 2.34. The highest BCUT2D eigenvalue weighted by atomic mass is 79.9. The van der Waals surface area contributed by atoms with E-state index in [9.17, 15) is 8.78 Å². The number of nitrogens with zero attached hydrogens (tertiary/aromatic N) is 1. The molecule has 100 valence electrons. The Labute approximate surface area is 113 Å². The normalized spacial score (nSPS) is 18.8. The molecule has 3 nitrogen and oxygen atoms in total. The monoisotopic (exact) mass is 320 g/mol. The third-order valence-corrected chi connectivity index (χ3v) is 3.77. The van der Waals surface area contributed by atoms with Crippen LogP contribution >= 0.6 is 15.9 Å². The molecule has 1 aliphatic heterocycles. The van der Waals surface area contributed by atoms with Crippen LogP contribution in [0.5, 0.6) is 5.75 Å². The third-order valence-electron chi connectivity index (χ3n) is 3.13. The summed E-state index contributed by atoms with van der Waals surface area (Å²) in [6, 6.07) is 3.52. The van der Waals surface area contributed by atoms with Gasteiger partial charge in [-0.2, -0.15) is 0 Å². The number of anilines is 2. The van der Waals surface area contributed by atoms with Crippen LogP contribution in [-0.4, -0.2) is 26.1 Å². The molecule has 2 N–H and O–H groups in total. The molecule has 18 heavy (non-hydrogen) atoms. The number of alkyl halides is 2. The molecule has 0 aromatic heterocycles. The predicted octanol–water partition coefficient (Wildman–Crippen LogP) is 3.28. The Hall–Kier alpha value is -1.04. The summed E-state index contributed by atoms with van der Waals surface area (Å²) in [7, 11) is 1.54. The second-order valence-electron chi connectivity index (χ2n) is 4.39. The van der Waals surface area contributed by atoms with Crippen molar-refractivity contribution in [1.29, 1.82) is 0 Å². The van der Waals surface area contributed by atoms with E-state index in [1.807, 2.05) is 4.90 Å². The average Bonchev–Trinajstić information content (AvgIpc) is 2.30. The van der Waals surface area contributed by atoms with Gasteiger partial charge in [0, 0.05) is 36.5 Å². The lowest BCUT2D eigenvalue weighted by molar-refractivity contribution is -0.0220. The molecule has 1 saturated heterocycles. The zero-order valence-corrected chi connectivity index (χ0v) is 11.6. The van der Waals surface area contributed by atoms with Crippen LogP contribution in [0.25, 0.3) is 0 Å². The molecule has 1 heterocycles. The largest absolute Gasteiger partial charge is 0.495 e. The molecule has 0 radical (unpaired) electrons. The van der Waals surface area contributed by atoms with E-state index >= 15 is 0 Å². The van der Waals surface area contributed by atoms with Gasteiger partial charge in [0.15, 0.2) is 0 Å². The molecule has 1 fully saturated rings. The summed E-state index contributed by atoms with van der Waals surface area (Å²) in [4.78, 5) is 1.92. The summed E-state index contributed by atoms with van der Waals surface area (Å²) in [5.41, 5.74) is 7.15. The molecule has 1 aromatic rings. The molecular formula is C12H15BrF2N2O. The standard InChI is InChI=1S/C12H15BrF2N2O/c1-18-11-7-10(8(13)6-9(11)16)17-4-2-12(14,15)3-5-17/h6-7H,2-5,16H2,1H3. The maximum Gasteiger partial charge on any atom is 0.251 e. The molecule has 0 saturated carbocycles. The van der Waals surface area contributed by atoms with Gasteiger partial charge >= 0.3 is 0 Å². The van der Waals surface area contributed by atoms with E-state index in [-0.39, 0.29) is 12.8 Å². The number of benzene rings is 1. The Morgan fingerprint density at radius 2 is 1.94 bits per heavy atom. The second-order valence-corrected chi connectivity index (χ2v) is 5.24. The number of nitrogens with two attached hydrogens (primary N) is 1. The van der Waals surface area contributed by atoms with Gasteiger partial charge in [0.2, 0.25) is 0 Å². The second kappa shape index (κ2) is 4.91. The van der Waals surface area contributed by atoms with Crippen LogP contribution in [0.3, 0.4) is 0 Å². The summed E-state index contributed by atoms with van der Waals surface area (Å²) in [6.07, 6.45) is -0.238. The summed E-state index contributed by atoms with van der Waals surface area (Å²) < 4.78 is 32.2. The minimum atomic E-state index is -2.54. The zero-order chi connectivity index (χ0) is 13.3. The highest BCUT2D eigenvalue weighted by Crippen LogP contribution is 2.38. The van der Waals surface area contributed by atoms with Gasteiger partial charge in [0.05, 0.1) is 18.5 Å². The van der Waals surface area contributed by atoms with E-state index in [4.69, 9.17) is 10.5 Å². The van der Waals surface area contributed by atoms with Gasteiger partial charge in [0.25, 0.3) is 5.92 Å². The van der Waals surface area contributed by atoms with E-state index in [1.54, 1.807) is 12.1 Å². The molecule has 0 aliphatic carbocycles. The van der Waals surface area contributed by atoms with Crippen LogP contribution < -0.4 is 15.4 Å². The van der Waals surface area contributed by atoms with Crippen molar-refractivity contribution >= 4 is 27.3 Å². The number of piperidine rings is 1. The Bertz CT molecular complexity index is 444. The first-order chi connectivity index (χ1) is 8.43. The smallest absolute Gasteiger partial charge is 0.251 e. The summed E-state index contributed by atoms with van der Waals surface area (Å²) in [5.74, 6) is -1.98. The maximum absolute atomic E-state index is 13.1. The minimum Gasteiger partial charge on any atom is -0.495 e. The van der Waals surface area contributed by atoms with Gasteiger partial charge < -0.3 is 15.4 Å². The molecule has 0 atom stereocenters. The zero-order valence-electron chi connectivity index (χ0n) is 10.0. The van der Waals surface area contributed by atoms with Crippen molar-refractivity contribution < 1.29 is 13.5 Å². The van der Waals surface area contributed by atoms with Gasteiger partial charge in [0.1, 0.15) is 5.75 Å². The lowest BCUT2D eigenvalue weighted by atomic mass is 10.1. The molecule has 1 aliphatic rings. The number of halogens is 3. The minimum absolute atomic E-state index is 0.119. The van der Waals surface area contributed by atoms with Crippen LogP contribution in [-0.2, 0) is 0 Å². The number of hydrogen-bond acceptors (Lipinski definition) is 3. The number of hydrogen-bond donors (Lipinski definition) is 1. The molecule has 0 spiro atoms. The summed E-state index contributed by atoms with van der Waals surface area (Å²) in [6.45, 7) is 0.664. The van der Waals surface area contributed by atoms with E-state index in [1.165, 1.54) is 7.11 Å². The Morgan fingerprint density at radius 1 is 1.33 bits per heavy atom. The van der Waals surface area contributed by atoms with Crippen LogP contribution in [0.4, 0.5) is 20.2 Å². The molecule has 2 rings (SSSR count). The van der Waals surface area contributed by atoms with Crippen LogP contribution in [0, 0.1) is 0 Å². The van der Waals surface area contributed by atoms with Crippen molar-refractivity contribution in [3.05, 3.63) is 16.6 Å². The van der Waals surface area contributed by atoms with Gasteiger partial charge in [-0.3, -0.25) is 0 Å². The Kier molecular flexibility index (Phi) is 3.66. The van der Waals surface area contributed by atoms with Crippen molar-refractivity contribution in [2.45, 2.75) is 18.8 Å². The van der Waals surface area contributed by atoms with Gasteiger partial charge in [-0.1, -0.05) is 0 Å². The topological polar surface area (TPSA) is 38.5 Å². The first-order valence-corrected chi connectivity index (χ1v) is 6.48. The number of rotatable bonds is 2. The number of methoxy groups -OCH3 is 1. The maximum atomic E-state index is 13.1. The van der Waals surface area contributed by atoms with E-state index in [0.29, 0.717) is 24.5 Å². The summed E-state index contributed by atoms with van der Waals surface area (Å²) >= 11 is 3.41. The Morgan fingerprint density at radius 3 is 2.50 bits per heavy atom. The summed E-state index contributed by atoms with van der Waals surface area (Å²) in [5, 5.41) is 0. The van der Waals surface area contributed by atoms with Gasteiger partial charge in [-0.25, -0.2) is 8.78 Å². The van der Waals surface area contributed by atoms with Crippen LogP contribution in [0.2, 0.25) is 0 Å². The number of nitrogen functional groups attached to an aromatic ring is 1. The molecule has 0 amide bonds. The van der Waals surface area contributed by atoms with Crippen molar-refractivity contribution in [1.82, 2.24) is 0 Å². The van der Waals surface area contributed by atoms with Gasteiger partial charge in [-0.05, 0) is 22.0 Å². The molecular weight excluding hydrogens is 306 g/mol. The SMILES string of the molecule is COc1cc(N2CCC(F)(F)CC2)c(Br)cc1N. The molecule has 6 heteroatoms. The first-order valence-electron chi connectivity index (χ1n) is 5.69. The van der Waals surface area contributed by atoms with Crippen LogP contribution in [0.15, 0.2) is 16.6 Å². The number of ether oxygens (including phenoxy) is 1. The van der Waals surface area contributed by atoms with Crippen molar-refractivity contribution in [2.75, 3.05) is 30.8 Å². The van der Waals surface area contributed by atoms with Crippen molar-refractivity contribution in [3.63, 3.8) is 0 Å². The fourth-order valence-electron chi connectivity index (χ4n) is 2.05. The molecule has 1 aromatic carbocycles. The van der Waals surface area contributed by atoms with E-state index < -0.39 is 5.92 Å². The lowest BCUT2D eigenvalue weighted by Gasteiger charge is -2.34. The lowest BCUT2D eigenvalue weighted by Crippen LogP contribution is -2.39. The fourth-order valence-corrected chi connectivity index (χ4v) is 2.66. The quantitative estimate of drug-likeness (QED) is 0.850. The average molecular weight is 321 g/mol. The highest BCUT2D eigenvalue weighted by molar-refractivity contribution is 9.10. The van der Waals surface area contributed by atoms with Crippen molar-refractivity contribution in [2.24, 2.45) is 0 Å². The van der Waals surface area contributed by atoms with E-state index in [0.717, 1.165) is 10.2 Å². The predicted molar refractivity (Wildman–Crippen MR) is 71.5 cm³/mol. The first kappa shape index (κ1) is 13.4. The van der Waals surface area contributed by atoms with E-state index in [2.05, 4.69) is 15.9 Å².